The summed E-state index contributed by atoms with van der Waals surface area (Å²) in [5.74, 6) is 2.68. The van der Waals surface area contributed by atoms with Crippen LogP contribution in [0.25, 0.3) is 0 Å². The fourth-order valence-corrected chi connectivity index (χ4v) is 4.32. The second-order valence-electron chi connectivity index (χ2n) is 8.08. The predicted octanol–water partition coefficient (Wildman–Crippen LogP) is 2.68. The number of hydrogen-bond donors (Lipinski definition) is 1. The van der Waals surface area contributed by atoms with Crippen molar-refractivity contribution in [1.29, 1.82) is 0 Å². The van der Waals surface area contributed by atoms with Crippen molar-refractivity contribution in [2.45, 2.75) is 45.6 Å². The van der Waals surface area contributed by atoms with Gasteiger partial charge in [0.25, 0.3) is 0 Å². The molecule has 0 aliphatic carbocycles. The zero-order valence-electron chi connectivity index (χ0n) is 17.8. The Morgan fingerprint density at radius 3 is 2.37 bits per heavy atom. The highest BCUT2D eigenvalue weighted by Crippen LogP contribution is 2.20. The van der Waals surface area contributed by atoms with Gasteiger partial charge in [0.05, 0.1) is 6.10 Å². The van der Waals surface area contributed by atoms with Crippen molar-refractivity contribution in [3.05, 3.63) is 0 Å². The van der Waals surface area contributed by atoms with Crippen LogP contribution in [0.15, 0.2) is 4.99 Å². The lowest BCUT2D eigenvalue weighted by molar-refractivity contribution is 0.00988. The van der Waals surface area contributed by atoms with E-state index in [2.05, 4.69) is 34.0 Å². The van der Waals surface area contributed by atoms with Crippen LogP contribution in [0, 0.1) is 11.8 Å². The van der Waals surface area contributed by atoms with Gasteiger partial charge in [-0.2, -0.15) is 0 Å². The Labute approximate surface area is 183 Å². The fraction of sp³-hybridized carbons (Fsp3) is 0.950. The third-order valence-electron chi connectivity index (χ3n) is 5.46. The van der Waals surface area contributed by atoms with E-state index in [1.807, 2.05) is 7.05 Å². The minimum atomic E-state index is 0. The number of rotatable bonds is 8. The average Bonchev–Trinajstić information content (AvgIpc) is 2.62. The summed E-state index contributed by atoms with van der Waals surface area (Å²) >= 11 is 0. The summed E-state index contributed by atoms with van der Waals surface area (Å²) in [4.78, 5) is 9.46. The normalized spacial score (nSPS) is 25.3. The highest BCUT2D eigenvalue weighted by molar-refractivity contribution is 14.0. The predicted molar refractivity (Wildman–Crippen MR) is 123 cm³/mol. The van der Waals surface area contributed by atoms with E-state index in [4.69, 9.17) is 9.47 Å². The number of nitrogens with zero attached hydrogens (tertiary/aromatic N) is 3. The van der Waals surface area contributed by atoms with Crippen molar-refractivity contribution < 1.29 is 9.47 Å². The molecule has 0 aromatic rings. The smallest absolute Gasteiger partial charge is 0.193 e. The molecule has 2 aliphatic heterocycles. The lowest BCUT2D eigenvalue weighted by Crippen LogP contribution is -2.49. The van der Waals surface area contributed by atoms with Crippen LogP contribution in [0.2, 0.25) is 0 Å². The van der Waals surface area contributed by atoms with Crippen LogP contribution in [-0.2, 0) is 9.47 Å². The van der Waals surface area contributed by atoms with Gasteiger partial charge in [-0.05, 0) is 37.5 Å². The molecule has 2 saturated heterocycles. The lowest BCUT2D eigenvalue weighted by atomic mass is 9.92. The summed E-state index contributed by atoms with van der Waals surface area (Å²) in [5.41, 5.74) is 0. The van der Waals surface area contributed by atoms with Gasteiger partial charge in [0.2, 0.25) is 0 Å². The molecule has 2 fully saturated rings. The Morgan fingerprint density at radius 2 is 1.78 bits per heavy atom. The molecule has 2 heterocycles. The Hall–Kier alpha value is -0.120. The monoisotopic (exact) mass is 496 g/mol. The molecule has 1 N–H and O–H groups in total. The maximum absolute atomic E-state index is 5.95. The SMILES string of the molecule is CN=C(NCCN1CC(C)CC(C)C1)N1CCC(OCCCOC)CC1.I. The molecule has 27 heavy (non-hydrogen) atoms. The Kier molecular flexibility index (Phi) is 12.9. The third kappa shape index (κ3) is 9.28. The maximum atomic E-state index is 5.95. The Balaban J connectivity index is 0.00000364. The molecule has 2 unspecified atom stereocenters. The van der Waals surface area contributed by atoms with E-state index >= 15 is 0 Å². The van der Waals surface area contributed by atoms with Crippen molar-refractivity contribution in [3.8, 4) is 0 Å². The van der Waals surface area contributed by atoms with E-state index in [0.29, 0.717) is 6.10 Å². The zero-order valence-corrected chi connectivity index (χ0v) is 20.1. The summed E-state index contributed by atoms with van der Waals surface area (Å²) in [6.45, 7) is 12.9. The number of piperidine rings is 2. The van der Waals surface area contributed by atoms with Crippen LogP contribution in [0.1, 0.15) is 39.5 Å². The molecule has 0 bridgehead atoms. The second-order valence-corrected chi connectivity index (χ2v) is 8.08. The summed E-state index contributed by atoms with van der Waals surface area (Å²) in [6, 6.07) is 0. The van der Waals surface area contributed by atoms with Gasteiger partial charge in [-0.25, -0.2) is 0 Å². The molecule has 6 nitrogen and oxygen atoms in total. The van der Waals surface area contributed by atoms with Crippen LogP contribution in [0.5, 0.6) is 0 Å². The van der Waals surface area contributed by atoms with E-state index in [0.717, 1.165) is 76.5 Å². The minimum absolute atomic E-state index is 0. The number of methoxy groups -OCH3 is 1. The van der Waals surface area contributed by atoms with Crippen molar-refractivity contribution in [3.63, 3.8) is 0 Å². The lowest BCUT2D eigenvalue weighted by Gasteiger charge is -2.36. The zero-order chi connectivity index (χ0) is 18.8. The quantitative estimate of drug-likeness (QED) is 0.243. The molecule has 160 valence electrons. The fourth-order valence-electron chi connectivity index (χ4n) is 4.32. The van der Waals surface area contributed by atoms with Crippen molar-refractivity contribution in [2.75, 3.05) is 66.6 Å². The van der Waals surface area contributed by atoms with Gasteiger partial charge in [-0.3, -0.25) is 4.99 Å². The molecule has 0 radical (unpaired) electrons. The van der Waals surface area contributed by atoms with Crippen molar-refractivity contribution >= 4 is 29.9 Å². The number of nitrogens with one attached hydrogen (secondary N) is 1. The van der Waals surface area contributed by atoms with E-state index < -0.39 is 0 Å². The van der Waals surface area contributed by atoms with Crippen molar-refractivity contribution in [1.82, 2.24) is 15.1 Å². The van der Waals surface area contributed by atoms with Crippen LogP contribution in [0.4, 0.5) is 0 Å². The van der Waals surface area contributed by atoms with Crippen molar-refractivity contribution in [2.24, 2.45) is 16.8 Å². The van der Waals surface area contributed by atoms with Gasteiger partial charge in [-0.1, -0.05) is 13.8 Å². The summed E-state index contributed by atoms with van der Waals surface area (Å²) < 4.78 is 11.0. The molecule has 0 aromatic carbocycles. The number of hydrogen-bond acceptors (Lipinski definition) is 4. The Morgan fingerprint density at radius 1 is 1.11 bits per heavy atom. The molecule has 2 aliphatic rings. The van der Waals surface area contributed by atoms with Gasteiger partial charge in [-0.15, -0.1) is 24.0 Å². The first-order valence-corrected chi connectivity index (χ1v) is 10.4. The van der Waals surface area contributed by atoms with Crippen LogP contribution in [0.3, 0.4) is 0 Å². The number of likely N-dealkylation sites (tertiary alicyclic amines) is 2. The summed E-state index contributed by atoms with van der Waals surface area (Å²) in [5, 5.41) is 3.57. The molecule has 2 rings (SSSR count). The topological polar surface area (TPSA) is 49.3 Å². The first kappa shape index (κ1) is 24.9. The summed E-state index contributed by atoms with van der Waals surface area (Å²) in [6.07, 6.45) is 4.89. The number of halogens is 1. The highest BCUT2D eigenvalue weighted by atomic mass is 127. The van der Waals surface area contributed by atoms with E-state index in [1.54, 1.807) is 7.11 Å². The third-order valence-corrected chi connectivity index (χ3v) is 5.46. The first-order valence-electron chi connectivity index (χ1n) is 10.4. The second kappa shape index (κ2) is 14.0. The summed E-state index contributed by atoms with van der Waals surface area (Å²) in [7, 11) is 3.63. The van der Waals surface area contributed by atoms with Crippen LogP contribution in [-0.4, -0.2) is 88.5 Å². The van der Waals surface area contributed by atoms with Gasteiger partial charge < -0.3 is 24.6 Å². The number of guanidine groups is 1. The number of aliphatic imine (C=N–C) groups is 1. The first-order chi connectivity index (χ1) is 12.6. The standard InChI is InChI=1S/C20H40N4O2.HI/c1-17-14-18(2)16-23(15-17)11-8-22-20(21-3)24-9-6-19(7-10-24)26-13-5-12-25-4;/h17-19H,5-16H2,1-4H3,(H,21,22);1H. The molecule has 0 spiro atoms. The molecular formula is C20H41IN4O2. The molecule has 0 aromatic heterocycles. The maximum Gasteiger partial charge on any atom is 0.193 e. The largest absolute Gasteiger partial charge is 0.385 e. The highest BCUT2D eigenvalue weighted by Gasteiger charge is 2.23. The van der Waals surface area contributed by atoms with Gasteiger partial charge in [0, 0.05) is 66.6 Å². The van der Waals surface area contributed by atoms with Gasteiger partial charge in [0.1, 0.15) is 0 Å². The number of ether oxygens (including phenoxy) is 2. The Bertz CT molecular complexity index is 407. The molecule has 2 atom stereocenters. The average molecular weight is 496 g/mol. The molecular weight excluding hydrogens is 455 g/mol. The minimum Gasteiger partial charge on any atom is -0.385 e. The van der Waals surface area contributed by atoms with Gasteiger partial charge >= 0.3 is 0 Å². The molecule has 0 amide bonds. The van der Waals surface area contributed by atoms with E-state index in [1.165, 1.54) is 19.5 Å². The van der Waals surface area contributed by atoms with E-state index in [9.17, 15) is 0 Å². The molecule has 0 saturated carbocycles. The van der Waals surface area contributed by atoms with Crippen LogP contribution < -0.4 is 5.32 Å². The van der Waals surface area contributed by atoms with E-state index in [-0.39, 0.29) is 24.0 Å². The van der Waals surface area contributed by atoms with Gasteiger partial charge in [0.15, 0.2) is 5.96 Å². The molecule has 7 heteroatoms. The van der Waals surface area contributed by atoms with Crippen LogP contribution >= 0.6 is 24.0 Å².